The number of benzene rings is 2. The van der Waals surface area contributed by atoms with Crippen molar-refractivity contribution < 1.29 is 18.7 Å². The van der Waals surface area contributed by atoms with Gasteiger partial charge in [-0.25, -0.2) is 9.18 Å². The van der Waals surface area contributed by atoms with Crippen molar-refractivity contribution in [1.29, 1.82) is 0 Å². The molecule has 2 aromatic carbocycles. The Balaban J connectivity index is 1.70. The molecular formula is C21H20FNO3. The first-order valence-electron chi connectivity index (χ1n) is 8.67. The van der Waals surface area contributed by atoms with Crippen molar-refractivity contribution in [3.8, 4) is 5.75 Å². The molecular weight excluding hydrogens is 333 g/mol. The van der Waals surface area contributed by atoms with Crippen LogP contribution < -0.4 is 4.74 Å². The van der Waals surface area contributed by atoms with Crippen LogP contribution in [0.15, 0.2) is 54.6 Å². The van der Waals surface area contributed by atoms with Gasteiger partial charge in [0.25, 0.3) is 5.91 Å². The van der Waals surface area contributed by atoms with E-state index < -0.39 is 5.97 Å². The summed E-state index contributed by atoms with van der Waals surface area (Å²) in [6.07, 6.45) is 5.92. The molecule has 5 heteroatoms. The molecule has 26 heavy (non-hydrogen) atoms. The fourth-order valence-electron chi connectivity index (χ4n) is 2.88. The van der Waals surface area contributed by atoms with E-state index in [0.717, 1.165) is 32.4 Å². The first kappa shape index (κ1) is 17.9. The zero-order valence-corrected chi connectivity index (χ0v) is 14.4. The number of rotatable bonds is 4. The van der Waals surface area contributed by atoms with Crippen LogP contribution in [0.1, 0.15) is 35.2 Å². The molecule has 0 saturated carbocycles. The van der Waals surface area contributed by atoms with E-state index in [1.165, 1.54) is 24.3 Å². The second-order valence-corrected chi connectivity index (χ2v) is 6.16. The number of para-hydroxylation sites is 1. The molecule has 1 aliphatic rings. The molecule has 0 atom stereocenters. The van der Waals surface area contributed by atoms with E-state index >= 15 is 0 Å². The molecule has 1 saturated heterocycles. The van der Waals surface area contributed by atoms with Gasteiger partial charge in [0.15, 0.2) is 0 Å². The number of carbonyl (C=O) groups excluding carboxylic acids is 2. The summed E-state index contributed by atoms with van der Waals surface area (Å²) in [5.74, 6) is -0.796. The van der Waals surface area contributed by atoms with E-state index in [4.69, 9.17) is 4.74 Å². The minimum Gasteiger partial charge on any atom is -0.423 e. The van der Waals surface area contributed by atoms with E-state index in [9.17, 15) is 14.0 Å². The number of amides is 1. The van der Waals surface area contributed by atoms with Crippen molar-refractivity contribution >= 4 is 18.0 Å². The number of hydrogen-bond acceptors (Lipinski definition) is 3. The summed E-state index contributed by atoms with van der Waals surface area (Å²) in [5.41, 5.74) is 1.07. The van der Waals surface area contributed by atoms with Gasteiger partial charge in [-0.3, -0.25) is 4.79 Å². The van der Waals surface area contributed by atoms with Gasteiger partial charge in [-0.05, 0) is 55.2 Å². The molecule has 134 valence electrons. The van der Waals surface area contributed by atoms with Crippen molar-refractivity contribution in [2.24, 2.45) is 0 Å². The summed E-state index contributed by atoms with van der Waals surface area (Å²) in [6, 6.07) is 12.5. The van der Waals surface area contributed by atoms with Gasteiger partial charge < -0.3 is 9.64 Å². The molecule has 4 nitrogen and oxygen atoms in total. The van der Waals surface area contributed by atoms with Gasteiger partial charge in [-0.1, -0.05) is 24.3 Å². The fourth-order valence-corrected chi connectivity index (χ4v) is 2.88. The summed E-state index contributed by atoms with van der Waals surface area (Å²) in [5, 5.41) is 0. The Morgan fingerprint density at radius 2 is 1.65 bits per heavy atom. The van der Waals surface area contributed by atoms with Crippen LogP contribution in [0.5, 0.6) is 5.75 Å². The maximum Gasteiger partial charge on any atom is 0.336 e. The van der Waals surface area contributed by atoms with Crippen LogP contribution in [-0.2, 0) is 4.79 Å². The normalized spacial score (nSPS) is 14.4. The van der Waals surface area contributed by atoms with Gasteiger partial charge in [0, 0.05) is 19.2 Å². The molecule has 1 amide bonds. The van der Waals surface area contributed by atoms with Gasteiger partial charge in [-0.2, -0.15) is 0 Å². The third-order valence-corrected chi connectivity index (χ3v) is 4.25. The van der Waals surface area contributed by atoms with Crippen LogP contribution in [0, 0.1) is 5.82 Å². The second-order valence-electron chi connectivity index (χ2n) is 6.16. The van der Waals surface area contributed by atoms with Crippen LogP contribution >= 0.6 is 0 Å². The Morgan fingerprint density at radius 3 is 2.38 bits per heavy atom. The maximum absolute atomic E-state index is 12.9. The number of ether oxygens (including phenoxy) is 1. The number of nitrogens with zero attached hydrogens (tertiary/aromatic N) is 1. The molecule has 2 aromatic rings. The number of likely N-dealkylation sites (tertiary alicyclic amines) is 1. The highest BCUT2D eigenvalue weighted by molar-refractivity contribution is 5.98. The zero-order chi connectivity index (χ0) is 18.4. The van der Waals surface area contributed by atoms with Crippen LogP contribution in [0.3, 0.4) is 0 Å². The number of piperidine rings is 1. The topological polar surface area (TPSA) is 46.6 Å². The SMILES string of the molecule is O=C(/C=C/c1ccc(F)cc1)Oc1ccccc1C(=O)N1CCCCC1. The van der Waals surface area contributed by atoms with Crippen LogP contribution in [-0.4, -0.2) is 29.9 Å². The standard InChI is InChI=1S/C21H20FNO3/c22-17-11-8-16(9-12-17)10-13-20(24)26-19-7-3-2-6-18(19)21(25)23-14-4-1-5-15-23/h2-3,6-13H,1,4-5,14-15H2/b13-10+. The quantitative estimate of drug-likeness (QED) is 0.473. The van der Waals surface area contributed by atoms with Crippen molar-refractivity contribution in [3.05, 3.63) is 71.6 Å². The van der Waals surface area contributed by atoms with E-state index in [1.807, 2.05) is 0 Å². The average molecular weight is 353 g/mol. The highest BCUT2D eigenvalue weighted by atomic mass is 19.1. The number of hydrogen-bond donors (Lipinski definition) is 0. The lowest BCUT2D eigenvalue weighted by atomic mass is 10.1. The lowest BCUT2D eigenvalue weighted by molar-refractivity contribution is -0.128. The van der Waals surface area contributed by atoms with E-state index in [2.05, 4.69) is 0 Å². The van der Waals surface area contributed by atoms with Crippen LogP contribution in [0.2, 0.25) is 0 Å². The van der Waals surface area contributed by atoms with Crippen LogP contribution in [0.4, 0.5) is 4.39 Å². The summed E-state index contributed by atoms with van der Waals surface area (Å²) in [4.78, 5) is 26.6. The maximum atomic E-state index is 12.9. The molecule has 0 bridgehead atoms. The van der Waals surface area contributed by atoms with E-state index in [0.29, 0.717) is 11.1 Å². The van der Waals surface area contributed by atoms with Gasteiger partial charge in [0.2, 0.25) is 0 Å². The fraction of sp³-hybridized carbons (Fsp3) is 0.238. The molecule has 0 aromatic heterocycles. The van der Waals surface area contributed by atoms with Crippen molar-refractivity contribution in [2.45, 2.75) is 19.3 Å². The number of carbonyl (C=O) groups is 2. The average Bonchev–Trinajstić information content (AvgIpc) is 2.68. The van der Waals surface area contributed by atoms with Gasteiger partial charge in [0.1, 0.15) is 11.6 Å². The van der Waals surface area contributed by atoms with Gasteiger partial charge >= 0.3 is 5.97 Å². The van der Waals surface area contributed by atoms with Gasteiger partial charge in [-0.15, -0.1) is 0 Å². The molecule has 0 unspecified atom stereocenters. The lowest BCUT2D eigenvalue weighted by Gasteiger charge is -2.27. The molecule has 0 radical (unpaired) electrons. The first-order valence-corrected chi connectivity index (χ1v) is 8.67. The third kappa shape index (κ3) is 4.57. The highest BCUT2D eigenvalue weighted by Gasteiger charge is 2.21. The highest BCUT2D eigenvalue weighted by Crippen LogP contribution is 2.22. The Morgan fingerprint density at radius 1 is 0.962 bits per heavy atom. The summed E-state index contributed by atoms with van der Waals surface area (Å²) in [7, 11) is 0. The van der Waals surface area contributed by atoms with Crippen molar-refractivity contribution in [3.63, 3.8) is 0 Å². The van der Waals surface area contributed by atoms with Crippen molar-refractivity contribution in [1.82, 2.24) is 4.90 Å². The summed E-state index contributed by atoms with van der Waals surface area (Å²) >= 11 is 0. The van der Waals surface area contributed by atoms with E-state index in [-0.39, 0.29) is 17.5 Å². The molecule has 1 heterocycles. The van der Waals surface area contributed by atoms with Crippen LogP contribution in [0.25, 0.3) is 6.08 Å². The minimum absolute atomic E-state index is 0.115. The second kappa shape index (κ2) is 8.43. The lowest BCUT2D eigenvalue weighted by Crippen LogP contribution is -2.35. The predicted molar refractivity (Wildman–Crippen MR) is 97.3 cm³/mol. The smallest absolute Gasteiger partial charge is 0.336 e. The number of esters is 1. The monoisotopic (exact) mass is 353 g/mol. The minimum atomic E-state index is -0.590. The summed E-state index contributed by atoms with van der Waals surface area (Å²) < 4.78 is 18.3. The predicted octanol–water partition coefficient (Wildman–Crippen LogP) is 4.07. The first-order chi connectivity index (χ1) is 12.6. The molecule has 0 spiro atoms. The molecule has 3 rings (SSSR count). The molecule has 0 aliphatic carbocycles. The van der Waals surface area contributed by atoms with Gasteiger partial charge in [0.05, 0.1) is 5.56 Å². The summed E-state index contributed by atoms with van der Waals surface area (Å²) in [6.45, 7) is 1.46. The Kier molecular flexibility index (Phi) is 5.79. The number of halogens is 1. The molecule has 1 fully saturated rings. The Hall–Kier alpha value is -2.95. The third-order valence-electron chi connectivity index (χ3n) is 4.25. The van der Waals surface area contributed by atoms with Crippen molar-refractivity contribution in [2.75, 3.05) is 13.1 Å². The zero-order valence-electron chi connectivity index (χ0n) is 14.4. The largest absolute Gasteiger partial charge is 0.423 e. The Bertz CT molecular complexity index is 808. The van der Waals surface area contributed by atoms with E-state index in [1.54, 1.807) is 41.3 Å². The molecule has 1 aliphatic heterocycles. The molecule has 0 N–H and O–H groups in total. The Labute approximate surface area is 151 Å².